The molecule has 0 bridgehead atoms. The molecule has 28 heavy (non-hydrogen) atoms. The number of para-hydroxylation sites is 1. The first-order chi connectivity index (χ1) is 13.4. The van der Waals surface area contributed by atoms with E-state index in [4.69, 9.17) is 9.31 Å². The lowest BCUT2D eigenvalue weighted by atomic mass is 9.79. The van der Waals surface area contributed by atoms with Crippen molar-refractivity contribution in [2.45, 2.75) is 38.9 Å². The number of hydrogen-bond donors (Lipinski definition) is 0. The lowest BCUT2D eigenvalue weighted by Crippen LogP contribution is -2.41. The third-order valence-corrected chi connectivity index (χ3v) is 6.13. The molecule has 0 unspecified atom stereocenters. The molecule has 5 heteroatoms. The number of nitrogens with zero attached hydrogens (tertiary/aromatic N) is 2. The topological polar surface area (TPSA) is 36.3 Å². The van der Waals surface area contributed by atoms with Gasteiger partial charge in [0.2, 0.25) is 0 Å². The van der Waals surface area contributed by atoms with E-state index in [0.717, 1.165) is 22.2 Å². The molecule has 0 atom stereocenters. The summed E-state index contributed by atoms with van der Waals surface area (Å²) < 4.78 is 14.8. The molecule has 0 aliphatic carbocycles. The van der Waals surface area contributed by atoms with Crippen LogP contribution in [0.3, 0.4) is 0 Å². The first-order valence-corrected chi connectivity index (χ1v) is 9.66. The van der Waals surface area contributed by atoms with Gasteiger partial charge in [0.25, 0.3) is 0 Å². The van der Waals surface area contributed by atoms with E-state index >= 15 is 0 Å². The third-order valence-electron chi connectivity index (χ3n) is 6.13. The van der Waals surface area contributed by atoms with Crippen molar-refractivity contribution in [1.29, 1.82) is 0 Å². The number of aromatic nitrogens is 2. The fourth-order valence-electron chi connectivity index (χ4n) is 3.88. The van der Waals surface area contributed by atoms with Crippen LogP contribution in [-0.2, 0) is 9.31 Å². The number of pyridine rings is 1. The number of benzene rings is 2. The summed E-state index contributed by atoms with van der Waals surface area (Å²) in [6.07, 6.45) is 3.69. The van der Waals surface area contributed by atoms with Gasteiger partial charge in [-0.1, -0.05) is 30.3 Å². The largest absolute Gasteiger partial charge is 0.494 e. The van der Waals surface area contributed by atoms with Crippen molar-refractivity contribution in [3.05, 3.63) is 67.0 Å². The summed E-state index contributed by atoms with van der Waals surface area (Å²) in [7, 11) is -0.380. The molecule has 2 aromatic heterocycles. The van der Waals surface area contributed by atoms with Crippen molar-refractivity contribution in [1.82, 2.24) is 9.55 Å². The zero-order chi connectivity index (χ0) is 19.5. The van der Waals surface area contributed by atoms with Crippen LogP contribution in [-0.4, -0.2) is 27.9 Å². The van der Waals surface area contributed by atoms with Crippen LogP contribution in [0.15, 0.2) is 67.0 Å². The summed E-state index contributed by atoms with van der Waals surface area (Å²) in [6.45, 7) is 8.33. The molecule has 0 amide bonds. The Morgan fingerprint density at radius 1 is 0.821 bits per heavy atom. The summed E-state index contributed by atoms with van der Waals surface area (Å²) in [5, 5.41) is 2.43. The normalized spacial score (nSPS) is 18.2. The van der Waals surface area contributed by atoms with E-state index in [1.54, 1.807) is 6.20 Å². The molecule has 1 saturated heterocycles. The zero-order valence-electron chi connectivity index (χ0n) is 16.6. The molecular formula is C23H23BN2O2. The lowest BCUT2D eigenvalue weighted by Gasteiger charge is -2.32. The van der Waals surface area contributed by atoms with E-state index < -0.39 is 0 Å². The Labute approximate surface area is 165 Å². The second-order valence-electron chi connectivity index (χ2n) is 8.43. The van der Waals surface area contributed by atoms with Crippen LogP contribution < -0.4 is 5.46 Å². The number of fused-ring (bicyclic) bond motifs is 3. The Hall–Kier alpha value is -2.63. The van der Waals surface area contributed by atoms with Gasteiger partial charge in [-0.15, -0.1) is 0 Å². The summed E-state index contributed by atoms with van der Waals surface area (Å²) in [6, 6.07) is 19.0. The van der Waals surface area contributed by atoms with Gasteiger partial charge in [-0.05, 0) is 57.4 Å². The molecule has 0 spiro atoms. The van der Waals surface area contributed by atoms with Crippen LogP contribution in [0.5, 0.6) is 0 Å². The quantitative estimate of drug-likeness (QED) is 0.488. The molecule has 4 nitrogen and oxygen atoms in total. The number of rotatable bonds is 2. The molecule has 1 aliphatic rings. The average Bonchev–Trinajstić information content (AvgIpc) is 3.12. The predicted molar refractivity (Wildman–Crippen MR) is 114 cm³/mol. The van der Waals surface area contributed by atoms with Gasteiger partial charge < -0.3 is 13.9 Å². The predicted octanol–water partition coefficient (Wildman–Crippen LogP) is 4.48. The zero-order valence-corrected chi connectivity index (χ0v) is 16.6. The summed E-state index contributed by atoms with van der Waals surface area (Å²) in [4.78, 5) is 4.32. The Balaban J connectivity index is 1.73. The minimum atomic E-state index is -0.380. The van der Waals surface area contributed by atoms with E-state index in [1.807, 2.05) is 12.3 Å². The van der Waals surface area contributed by atoms with Gasteiger partial charge in [0.05, 0.1) is 34.1 Å². The first-order valence-electron chi connectivity index (χ1n) is 9.66. The molecule has 2 aromatic carbocycles. The highest BCUT2D eigenvalue weighted by Gasteiger charge is 2.51. The molecule has 140 valence electrons. The van der Waals surface area contributed by atoms with Crippen molar-refractivity contribution in [2.24, 2.45) is 0 Å². The van der Waals surface area contributed by atoms with Gasteiger partial charge in [-0.3, -0.25) is 4.98 Å². The van der Waals surface area contributed by atoms with Crippen LogP contribution >= 0.6 is 0 Å². The fourth-order valence-corrected chi connectivity index (χ4v) is 3.88. The van der Waals surface area contributed by atoms with Gasteiger partial charge in [0.1, 0.15) is 0 Å². The van der Waals surface area contributed by atoms with E-state index in [2.05, 4.69) is 85.8 Å². The summed E-state index contributed by atoms with van der Waals surface area (Å²) in [5.74, 6) is 0. The fraction of sp³-hybridized carbons (Fsp3) is 0.261. The highest BCUT2D eigenvalue weighted by atomic mass is 16.7. The van der Waals surface area contributed by atoms with Gasteiger partial charge in [0, 0.05) is 17.0 Å². The van der Waals surface area contributed by atoms with Gasteiger partial charge in [0.15, 0.2) is 0 Å². The molecule has 1 aliphatic heterocycles. The minimum Gasteiger partial charge on any atom is -0.399 e. The monoisotopic (exact) mass is 370 g/mol. The maximum absolute atomic E-state index is 6.27. The Morgan fingerprint density at radius 3 is 2.25 bits per heavy atom. The molecule has 5 rings (SSSR count). The van der Waals surface area contributed by atoms with Gasteiger partial charge >= 0.3 is 7.12 Å². The molecule has 0 N–H and O–H groups in total. The Kier molecular flexibility index (Phi) is 3.70. The van der Waals surface area contributed by atoms with Crippen LogP contribution in [0.1, 0.15) is 27.7 Å². The van der Waals surface area contributed by atoms with Crippen molar-refractivity contribution < 1.29 is 9.31 Å². The van der Waals surface area contributed by atoms with Crippen molar-refractivity contribution in [3.63, 3.8) is 0 Å². The highest BCUT2D eigenvalue weighted by Crippen LogP contribution is 2.37. The Bertz CT molecular complexity index is 1170. The smallest absolute Gasteiger partial charge is 0.399 e. The first kappa shape index (κ1) is 17.5. The van der Waals surface area contributed by atoms with Crippen LogP contribution in [0.4, 0.5) is 0 Å². The Morgan fingerprint density at radius 2 is 1.54 bits per heavy atom. The minimum absolute atomic E-state index is 0.358. The highest BCUT2D eigenvalue weighted by molar-refractivity contribution is 6.62. The van der Waals surface area contributed by atoms with Gasteiger partial charge in [-0.25, -0.2) is 0 Å². The molecule has 3 heterocycles. The molecular weight excluding hydrogens is 347 g/mol. The lowest BCUT2D eigenvalue weighted by molar-refractivity contribution is 0.00578. The number of hydrogen-bond acceptors (Lipinski definition) is 3. The third kappa shape index (κ3) is 2.50. The molecule has 0 radical (unpaired) electrons. The van der Waals surface area contributed by atoms with Crippen molar-refractivity contribution in [2.75, 3.05) is 0 Å². The SMILES string of the molecule is CC1(C)OB(c2ccc3c4ccccc4n(-c4cccnc4)c3c2)OC1(C)C. The molecule has 1 fully saturated rings. The van der Waals surface area contributed by atoms with E-state index in [0.29, 0.717) is 0 Å². The average molecular weight is 370 g/mol. The van der Waals surface area contributed by atoms with E-state index in [-0.39, 0.29) is 18.3 Å². The van der Waals surface area contributed by atoms with E-state index in [1.165, 1.54) is 10.8 Å². The van der Waals surface area contributed by atoms with Crippen molar-refractivity contribution in [3.8, 4) is 5.69 Å². The standard InChI is InChI=1S/C23H23BN2O2/c1-22(2)23(3,4)28-24(27-22)16-11-12-19-18-9-5-6-10-20(18)26(21(19)14-16)17-8-7-13-25-15-17/h5-15H,1-4H3. The second-order valence-corrected chi connectivity index (χ2v) is 8.43. The summed E-state index contributed by atoms with van der Waals surface area (Å²) >= 11 is 0. The molecule has 0 saturated carbocycles. The van der Waals surface area contributed by atoms with Gasteiger partial charge in [-0.2, -0.15) is 0 Å². The second kappa shape index (κ2) is 5.93. The maximum Gasteiger partial charge on any atom is 0.494 e. The van der Waals surface area contributed by atoms with Crippen LogP contribution in [0, 0.1) is 0 Å². The molecule has 4 aromatic rings. The van der Waals surface area contributed by atoms with Crippen LogP contribution in [0.2, 0.25) is 0 Å². The summed E-state index contributed by atoms with van der Waals surface area (Å²) in [5.41, 5.74) is 3.64. The van der Waals surface area contributed by atoms with Crippen LogP contribution in [0.25, 0.3) is 27.5 Å². The van der Waals surface area contributed by atoms with E-state index in [9.17, 15) is 0 Å². The maximum atomic E-state index is 6.27. The van der Waals surface area contributed by atoms with Crippen molar-refractivity contribution >= 4 is 34.4 Å².